The van der Waals surface area contributed by atoms with E-state index in [1.165, 1.54) is 11.3 Å². The fourth-order valence-corrected chi connectivity index (χ4v) is 1.21. The van der Waals surface area contributed by atoms with Crippen molar-refractivity contribution in [2.75, 3.05) is 0 Å². The van der Waals surface area contributed by atoms with Crippen molar-refractivity contribution in [1.82, 2.24) is 10.3 Å². The smallest absolute Gasteiger partial charge is 0.0947 e. The fraction of sp³-hybridized carbons (Fsp3) is 0.200. The van der Waals surface area contributed by atoms with Crippen LogP contribution in [0.4, 0.5) is 0 Å². The molecule has 68 valence electrons. The lowest BCUT2D eigenvalue weighted by molar-refractivity contribution is 0.560. The van der Waals surface area contributed by atoms with Gasteiger partial charge in [0.15, 0.2) is 0 Å². The molecule has 0 aromatic carbocycles. The molecule has 0 atom stereocenters. The van der Waals surface area contributed by atoms with Crippen LogP contribution in [0.25, 0.3) is 0 Å². The summed E-state index contributed by atoms with van der Waals surface area (Å²) in [4.78, 5) is 3.13. The molecule has 2 aromatic heterocycles. The summed E-state index contributed by atoms with van der Waals surface area (Å²) in [5, 5.41) is 3.30. The number of nitrogens with one attached hydrogen (secondary N) is 2. The topological polar surface area (TPSA) is 41.0 Å². The minimum absolute atomic E-state index is 0.843. The molecule has 2 rings (SSSR count). The minimum Gasteiger partial charge on any atom is -0.472 e. The van der Waals surface area contributed by atoms with Crippen molar-refractivity contribution < 1.29 is 4.42 Å². The molecular formula is C10H12N2O. The van der Waals surface area contributed by atoms with E-state index in [9.17, 15) is 0 Å². The van der Waals surface area contributed by atoms with Crippen LogP contribution in [0, 0.1) is 0 Å². The maximum atomic E-state index is 4.95. The summed E-state index contributed by atoms with van der Waals surface area (Å²) in [5.74, 6) is 0. The molecule has 0 bridgehead atoms. The maximum Gasteiger partial charge on any atom is 0.0947 e. The van der Waals surface area contributed by atoms with E-state index in [1.807, 2.05) is 18.3 Å². The molecule has 0 spiro atoms. The van der Waals surface area contributed by atoms with Crippen LogP contribution in [-0.2, 0) is 13.1 Å². The van der Waals surface area contributed by atoms with Gasteiger partial charge in [-0.25, -0.2) is 0 Å². The Hall–Kier alpha value is -1.48. The molecule has 0 saturated carbocycles. The van der Waals surface area contributed by atoms with Crippen molar-refractivity contribution in [3.8, 4) is 0 Å². The zero-order chi connectivity index (χ0) is 8.93. The largest absolute Gasteiger partial charge is 0.472 e. The van der Waals surface area contributed by atoms with Crippen molar-refractivity contribution in [2.24, 2.45) is 0 Å². The molecule has 3 nitrogen and oxygen atoms in total. The predicted octanol–water partition coefficient (Wildman–Crippen LogP) is 1.90. The number of H-pyrrole nitrogens is 1. The van der Waals surface area contributed by atoms with Crippen LogP contribution in [0.2, 0.25) is 0 Å². The Bertz CT molecular complexity index is 289. The predicted molar refractivity (Wildman–Crippen MR) is 50.0 cm³/mol. The molecule has 0 aliphatic carbocycles. The first kappa shape index (κ1) is 8.13. The third-order valence-corrected chi connectivity index (χ3v) is 1.89. The summed E-state index contributed by atoms with van der Waals surface area (Å²) in [6.07, 6.45) is 5.36. The molecule has 0 saturated heterocycles. The molecular weight excluding hydrogens is 164 g/mol. The van der Waals surface area contributed by atoms with E-state index in [-0.39, 0.29) is 0 Å². The number of aromatic amines is 1. The second-order valence-corrected chi connectivity index (χ2v) is 2.93. The number of rotatable bonds is 4. The number of hydrogen-bond donors (Lipinski definition) is 2. The molecule has 0 amide bonds. The molecule has 0 radical (unpaired) electrons. The SMILES string of the molecule is c1c[nH]c(CNCc2ccoc2)c1. The van der Waals surface area contributed by atoms with Gasteiger partial charge in [-0.15, -0.1) is 0 Å². The average Bonchev–Trinajstić information content (AvgIpc) is 2.75. The molecule has 2 aromatic rings. The van der Waals surface area contributed by atoms with Crippen molar-refractivity contribution in [1.29, 1.82) is 0 Å². The second-order valence-electron chi connectivity index (χ2n) is 2.93. The first-order valence-corrected chi connectivity index (χ1v) is 4.29. The third kappa shape index (κ3) is 2.23. The van der Waals surface area contributed by atoms with E-state index < -0.39 is 0 Å². The van der Waals surface area contributed by atoms with E-state index in [0.29, 0.717) is 0 Å². The molecule has 0 unspecified atom stereocenters. The second kappa shape index (κ2) is 3.96. The molecule has 3 heteroatoms. The lowest BCUT2D eigenvalue weighted by atomic mass is 10.3. The van der Waals surface area contributed by atoms with Crippen molar-refractivity contribution >= 4 is 0 Å². The molecule has 13 heavy (non-hydrogen) atoms. The zero-order valence-corrected chi connectivity index (χ0v) is 7.29. The standard InChI is InChI=1S/C10H12N2O/c1-2-10(12-4-1)7-11-6-9-3-5-13-8-9/h1-5,8,11-12H,6-7H2. The summed E-state index contributed by atoms with van der Waals surface area (Å²) in [5.41, 5.74) is 2.37. The first-order valence-electron chi connectivity index (χ1n) is 4.29. The van der Waals surface area contributed by atoms with Gasteiger partial charge in [-0.1, -0.05) is 0 Å². The van der Waals surface area contributed by atoms with Crippen LogP contribution in [0.5, 0.6) is 0 Å². The number of hydrogen-bond acceptors (Lipinski definition) is 2. The Morgan fingerprint density at radius 2 is 2.31 bits per heavy atom. The van der Waals surface area contributed by atoms with Crippen LogP contribution in [-0.4, -0.2) is 4.98 Å². The normalized spacial score (nSPS) is 10.5. The van der Waals surface area contributed by atoms with Gasteiger partial charge in [-0.2, -0.15) is 0 Å². The van der Waals surface area contributed by atoms with Gasteiger partial charge < -0.3 is 14.7 Å². The van der Waals surface area contributed by atoms with Gasteiger partial charge in [0.2, 0.25) is 0 Å². The Labute approximate surface area is 76.8 Å². The Balaban J connectivity index is 1.76. The van der Waals surface area contributed by atoms with E-state index in [4.69, 9.17) is 4.42 Å². The van der Waals surface area contributed by atoms with E-state index in [1.54, 1.807) is 12.5 Å². The van der Waals surface area contributed by atoms with Crippen molar-refractivity contribution in [2.45, 2.75) is 13.1 Å². The van der Waals surface area contributed by atoms with E-state index in [2.05, 4.69) is 16.4 Å². The molecule has 0 fully saturated rings. The zero-order valence-electron chi connectivity index (χ0n) is 7.29. The van der Waals surface area contributed by atoms with Crippen LogP contribution < -0.4 is 5.32 Å². The summed E-state index contributed by atoms with van der Waals surface area (Å²) in [6.45, 7) is 1.70. The van der Waals surface area contributed by atoms with Gasteiger partial charge in [-0.05, 0) is 18.2 Å². The summed E-state index contributed by atoms with van der Waals surface area (Å²) >= 11 is 0. The van der Waals surface area contributed by atoms with E-state index in [0.717, 1.165) is 13.1 Å². The van der Waals surface area contributed by atoms with Crippen LogP contribution in [0.15, 0.2) is 41.3 Å². The average molecular weight is 176 g/mol. The van der Waals surface area contributed by atoms with Gasteiger partial charge >= 0.3 is 0 Å². The highest BCUT2D eigenvalue weighted by Crippen LogP contribution is 1.99. The fourth-order valence-electron chi connectivity index (χ4n) is 1.21. The lowest BCUT2D eigenvalue weighted by Crippen LogP contribution is -2.12. The van der Waals surface area contributed by atoms with Crippen LogP contribution >= 0.6 is 0 Å². The van der Waals surface area contributed by atoms with Gasteiger partial charge in [0.05, 0.1) is 12.5 Å². The quantitative estimate of drug-likeness (QED) is 0.747. The molecule has 0 aliphatic rings. The Kier molecular flexibility index (Phi) is 2.48. The summed E-state index contributed by atoms with van der Waals surface area (Å²) in [7, 11) is 0. The lowest BCUT2D eigenvalue weighted by Gasteiger charge is -1.99. The molecule has 0 aliphatic heterocycles. The van der Waals surface area contributed by atoms with Crippen LogP contribution in [0.1, 0.15) is 11.3 Å². The van der Waals surface area contributed by atoms with Gasteiger partial charge in [-0.3, -0.25) is 0 Å². The van der Waals surface area contributed by atoms with Gasteiger partial charge in [0, 0.05) is 30.5 Å². The highest BCUT2D eigenvalue weighted by atomic mass is 16.3. The Morgan fingerprint density at radius 1 is 1.31 bits per heavy atom. The molecule has 2 N–H and O–H groups in total. The van der Waals surface area contributed by atoms with Crippen molar-refractivity contribution in [3.05, 3.63) is 48.2 Å². The Morgan fingerprint density at radius 3 is 3.00 bits per heavy atom. The monoisotopic (exact) mass is 176 g/mol. The summed E-state index contributed by atoms with van der Waals surface area (Å²) < 4.78 is 4.95. The first-order chi connectivity index (χ1) is 6.45. The number of aromatic nitrogens is 1. The summed E-state index contributed by atoms with van der Waals surface area (Å²) in [6, 6.07) is 6.01. The van der Waals surface area contributed by atoms with Gasteiger partial charge in [0.25, 0.3) is 0 Å². The van der Waals surface area contributed by atoms with Crippen molar-refractivity contribution in [3.63, 3.8) is 0 Å². The van der Waals surface area contributed by atoms with E-state index >= 15 is 0 Å². The van der Waals surface area contributed by atoms with Crippen LogP contribution in [0.3, 0.4) is 0 Å². The van der Waals surface area contributed by atoms with Gasteiger partial charge in [0.1, 0.15) is 0 Å². The molecule has 2 heterocycles. The number of furan rings is 1. The minimum atomic E-state index is 0.843. The third-order valence-electron chi connectivity index (χ3n) is 1.89. The maximum absolute atomic E-state index is 4.95. The highest BCUT2D eigenvalue weighted by molar-refractivity contribution is 5.06. The highest BCUT2D eigenvalue weighted by Gasteiger charge is 1.94.